The summed E-state index contributed by atoms with van der Waals surface area (Å²) in [4.78, 5) is 26.5. The van der Waals surface area contributed by atoms with E-state index in [9.17, 15) is 9.59 Å². The third-order valence-corrected chi connectivity index (χ3v) is 4.83. The van der Waals surface area contributed by atoms with Crippen LogP contribution in [0.1, 0.15) is 43.5 Å². The van der Waals surface area contributed by atoms with Crippen LogP contribution in [-0.2, 0) is 4.79 Å². The predicted octanol–water partition coefficient (Wildman–Crippen LogP) is 3.77. The molecule has 1 aromatic rings. The van der Waals surface area contributed by atoms with Crippen LogP contribution < -0.4 is 10.1 Å². The Labute approximate surface area is 158 Å². The van der Waals surface area contributed by atoms with Gasteiger partial charge in [-0.05, 0) is 30.9 Å². The van der Waals surface area contributed by atoms with E-state index in [1.165, 1.54) is 7.11 Å². The number of nitrogens with zero attached hydrogens (tertiary/aromatic N) is 1. The fourth-order valence-electron chi connectivity index (χ4n) is 2.97. The van der Waals surface area contributed by atoms with Crippen molar-refractivity contribution in [1.29, 1.82) is 0 Å². The summed E-state index contributed by atoms with van der Waals surface area (Å²) >= 11 is 12.3. The Morgan fingerprint density at radius 2 is 1.84 bits per heavy atom. The SMILES string of the molecule is COc1c(Cl)ccc(Cl)c1C(=O)N1CCC(NC(=O)CC(C)C)CC1. The monoisotopic (exact) mass is 386 g/mol. The van der Waals surface area contributed by atoms with Crippen molar-refractivity contribution in [2.45, 2.75) is 39.2 Å². The Bertz CT molecular complexity index is 641. The summed E-state index contributed by atoms with van der Waals surface area (Å²) in [7, 11) is 1.46. The number of rotatable bonds is 5. The van der Waals surface area contributed by atoms with Gasteiger partial charge in [0.15, 0.2) is 5.75 Å². The van der Waals surface area contributed by atoms with Gasteiger partial charge in [0.05, 0.1) is 17.2 Å². The molecule has 138 valence electrons. The van der Waals surface area contributed by atoms with Gasteiger partial charge in [-0.2, -0.15) is 0 Å². The van der Waals surface area contributed by atoms with Crippen LogP contribution in [0.15, 0.2) is 12.1 Å². The van der Waals surface area contributed by atoms with Crippen LogP contribution in [-0.4, -0.2) is 43.0 Å². The maximum absolute atomic E-state index is 12.8. The fraction of sp³-hybridized carbons (Fsp3) is 0.556. The number of carbonyl (C=O) groups excluding carboxylic acids is 2. The van der Waals surface area contributed by atoms with Gasteiger partial charge < -0.3 is 15.0 Å². The quantitative estimate of drug-likeness (QED) is 0.837. The molecule has 2 amide bonds. The van der Waals surface area contributed by atoms with E-state index >= 15 is 0 Å². The molecule has 1 fully saturated rings. The predicted molar refractivity (Wildman–Crippen MR) is 99.5 cm³/mol. The minimum Gasteiger partial charge on any atom is -0.494 e. The topological polar surface area (TPSA) is 58.6 Å². The molecule has 1 aliphatic rings. The van der Waals surface area contributed by atoms with E-state index in [1.54, 1.807) is 17.0 Å². The molecular weight excluding hydrogens is 363 g/mol. The van der Waals surface area contributed by atoms with Gasteiger partial charge in [0.1, 0.15) is 5.56 Å². The zero-order valence-corrected chi connectivity index (χ0v) is 16.3. The number of likely N-dealkylation sites (tertiary alicyclic amines) is 1. The van der Waals surface area contributed by atoms with Crippen LogP contribution in [0.2, 0.25) is 10.0 Å². The lowest BCUT2D eigenvalue weighted by Gasteiger charge is -2.33. The van der Waals surface area contributed by atoms with Crippen molar-refractivity contribution in [3.63, 3.8) is 0 Å². The lowest BCUT2D eigenvalue weighted by molar-refractivity contribution is -0.122. The molecule has 0 radical (unpaired) electrons. The van der Waals surface area contributed by atoms with Gasteiger partial charge in [-0.3, -0.25) is 9.59 Å². The molecule has 1 aliphatic heterocycles. The highest BCUT2D eigenvalue weighted by molar-refractivity contribution is 6.37. The van der Waals surface area contributed by atoms with E-state index in [-0.39, 0.29) is 17.9 Å². The van der Waals surface area contributed by atoms with E-state index < -0.39 is 0 Å². The number of carbonyl (C=O) groups is 2. The summed E-state index contributed by atoms with van der Waals surface area (Å²) in [5.74, 6) is 0.501. The smallest absolute Gasteiger partial charge is 0.259 e. The molecule has 5 nitrogen and oxygen atoms in total. The molecule has 0 spiro atoms. The summed E-state index contributed by atoms with van der Waals surface area (Å²) in [5.41, 5.74) is 0.291. The first-order valence-corrected chi connectivity index (χ1v) is 9.19. The summed E-state index contributed by atoms with van der Waals surface area (Å²) in [6.45, 7) is 5.14. The second-order valence-electron chi connectivity index (χ2n) is 6.67. The molecule has 7 heteroatoms. The normalized spacial score (nSPS) is 15.4. The Morgan fingerprint density at radius 1 is 1.24 bits per heavy atom. The molecule has 0 atom stereocenters. The molecule has 0 bridgehead atoms. The first-order chi connectivity index (χ1) is 11.8. The maximum atomic E-state index is 12.8. The van der Waals surface area contributed by atoms with Gasteiger partial charge >= 0.3 is 0 Å². The number of piperidine rings is 1. The standard InChI is InChI=1S/C18H24Cl2N2O3/c1-11(2)10-15(23)21-12-6-8-22(9-7-12)18(24)16-13(19)4-5-14(20)17(16)25-3/h4-5,11-12H,6-10H2,1-3H3,(H,21,23). The van der Waals surface area contributed by atoms with Gasteiger partial charge in [0.2, 0.25) is 5.91 Å². The van der Waals surface area contributed by atoms with Gasteiger partial charge in [-0.25, -0.2) is 0 Å². The van der Waals surface area contributed by atoms with Gasteiger partial charge in [-0.1, -0.05) is 37.0 Å². The second-order valence-corrected chi connectivity index (χ2v) is 7.48. The van der Waals surface area contributed by atoms with Crippen LogP contribution in [0, 0.1) is 5.92 Å². The van der Waals surface area contributed by atoms with Crippen molar-refractivity contribution >= 4 is 35.0 Å². The third kappa shape index (κ3) is 5.02. The van der Waals surface area contributed by atoms with Gasteiger partial charge in [-0.15, -0.1) is 0 Å². The number of hydrogen-bond acceptors (Lipinski definition) is 3. The number of hydrogen-bond donors (Lipinski definition) is 1. The molecule has 0 aliphatic carbocycles. The lowest BCUT2D eigenvalue weighted by atomic mass is 10.0. The van der Waals surface area contributed by atoms with Crippen molar-refractivity contribution in [2.24, 2.45) is 5.92 Å². The molecule has 0 aromatic heterocycles. The number of amides is 2. The van der Waals surface area contributed by atoms with E-state index in [0.29, 0.717) is 46.8 Å². The zero-order valence-electron chi connectivity index (χ0n) is 14.8. The van der Waals surface area contributed by atoms with Gasteiger partial charge in [0.25, 0.3) is 5.91 Å². The van der Waals surface area contributed by atoms with E-state index in [2.05, 4.69) is 5.32 Å². The molecule has 0 unspecified atom stereocenters. The Balaban J connectivity index is 2.01. The second kappa shape index (κ2) is 8.77. The van der Waals surface area contributed by atoms with Crippen LogP contribution in [0.5, 0.6) is 5.75 Å². The van der Waals surface area contributed by atoms with Crippen molar-refractivity contribution < 1.29 is 14.3 Å². The number of methoxy groups -OCH3 is 1. The zero-order chi connectivity index (χ0) is 18.6. The Hall–Kier alpha value is -1.46. The molecule has 0 saturated carbocycles. The van der Waals surface area contributed by atoms with E-state index in [0.717, 1.165) is 12.8 Å². The van der Waals surface area contributed by atoms with Crippen molar-refractivity contribution in [3.05, 3.63) is 27.7 Å². The molecule has 1 heterocycles. The van der Waals surface area contributed by atoms with Crippen molar-refractivity contribution in [3.8, 4) is 5.75 Å². The molecule has 1 aromatic carbocycles. The Morgan fingerprint density at radius 3 is 2.40 bits per heavy atom. The van der Waals surface area contributed by atoms with Crippen molar-refractivity contribution in [2.75, 3.05) is 20.2 Å². The average molecular weight is 387 g/mol. The minimum absolute atomic E-state index is 0.0688. The van der Waals surface area contributed by atoms with Crippen LogP contribution in [0.25, 0.3) is 0 Å². The van der Waals surface area contributed by atoms with Crippen molar-refractivity contribution in [1.82, 2.24) is 10.2 Å². The molecule has 1 saturated heterocycles. The molecule has 1 N–H and O–H groups in total. The summed E-state index contributed by atoms with van der Waals surface area (Å²) in [6.07, 6.45) is 1.96. The van der Waals surface area contributed by atoms with Crippen LogP contribution >= 0.6 is 23.2 Å². The first kappa shape index (κ1) is 19.9. The summed E-state index contributed by atoms with van der Waals surface area (Å²) < 4.78 is 5.26. The van der Waals surface area contributed by atoms with Gasteiger partial charge in [0, 0.05) is 25.6 Å². The molecular formula is C18H24Cl2N2O3. The number of ether oxygens (including phenoxy) is 1. The number of benzene rings is 1. The maximum Gasteiger partial charge on any atom is 0.259 e. The highest BCUT2D eigenvalue weighted by atomic mass is 35.5. The van der Waals surface area contributed by atoms with Crippen LogP contribution in [0.4, 0.5) is 0 Å². The molecule has 25 heavy (non-hydrogen) atoms. The number of halogens is 2. The third-order valence-electron chi connectivity index (χ3n) is 4.22. The fourth-order valence-corrected chi connectivity index (χ4v) is 3.44. The van der Waals surface area contributed by atoms with E-state index in [4.69, 9.17) is 27.9 Å². The van der Waals surface area contributed by atoms with E-state index in [1.807, 2.05) is 13.8 Å². The summed E-state index contributed by atoms with van der Waals surface area (Å²) in [5, 5.41) is 3.71. The minimum atomic E-state index is -0.198. The Kier molecular flexibility index (Phi) is 6.96. The lowest BCUT2D eigenvalue weighted by Crippen LogP contribution is -2.46. The average Bonchev–Trinajstić information content (AvgIpc) is 2.56. The highest BCUT2D eigenvalue weighted by Gasteiger charge is 2.28. The largest absolute Gasteiger partial charge is 0.494 e. The summed E-state index contributed by atoms with van der Waals surface area (Å²) in [6, 6.07) is 3.31. The number of nitrogens with one attached hydrogen (secondary N) is 1. The first-order valence-electron chi connectivity index (χ1n) is 8.44. The molecule has 2 rings (SSSR count). The van der Waals surface area contributed by atoms with Crippen LogP contribution in [0.3, 0.4) is 0 Å². The highest BCUT2D eigenvalue weighted by Crippen LogP contribution is 2.35.